The van der Waals surface area contributed by atoms with Crippen LogP contribution < -0.4 is 10.1 Å². The second-order valence-corrected chi connectivity index (χ2v) is 9.95. The number of ether oxygens (including phenoxy) is 2. The predicted octanol–water partition coefficient (Wildman–Crippen LogP) is 5.85. The van der Waals surface area contributed by atoms with Gasteiger partial charge in [-0.3, -0.25) is 4.79 Å². The molecule has 2 aromatic rings. The molecule has 1 heterocycles. The minimum Gasteiger partial charge on any atom is -0.493 e. The summed E-state index contributed by atoms with van der Waals surface area (Å²) >= 11 is 1.52. The first-order chi connectivity index (χ1) is 14.7. The van der Waals surface area contributed by atoms with Gasteiger partial charge in [-0.25, -0.2) is 4.79 Å². The number of amides is 1. The van der Waals surface area contributed by atoms with Gasteiger partial charge in [-0.2, -0.15) is 0 Å². The number of benzene rings is 1. The van der Waals surface area contributed by atoms with Crippen LogP contribution in [0.25, 0.3) is 0 Å². The van der Waals surface area contributed by atoms with Gasteiger partial charge in [0.1, 0.15) is 10.8 Å². The third-order valence-corrected chi connectivity index (χ3v) is 7.00. The maximum Gasteiger partial charge on any atom is 0.341 e. The van der Waals surface area contributed by atoms with Crippen LogP contribution in [0.3, 0.4) is 0 Å². The molecule has 1 aliphatic rings. The Morgan fingerprint density at radius 1 is 1.19 bits per heavy atom. The Morgan fingerprint density at radius 3 is 2.71 bits per heavy atom. The highest BCUT2D eigenvalue weighted by atomic mass is 32.1. The molecule has 0 unspecified atom stereocenters. The molecule has 1 aliphatic carbocycles. The largest absolute Gasteiger partial charge is 0.493 e. The van der Waals surface area contributed by atoms with Crippen molar-refractivity contribution in [2.45, 2.75) is 66.7 Å². The topological polar surface area (TPSA) is 64.6 Å². The van der Waals surface area contributed by atoms with Gasteiger partial charge in [-0.1, -0.05) is 26.0 Å². The summed E-state index contributed by atoms with van der Waals surface area (Å²) in [5.74, 6) is 0.482. The van der Waals surface area contributed by atoms with Gasteiger partial charge in [0.2, 0.25) is 5.91 Å². The Morgan fingerprint density at radius 2 is 1.97 bits per heavy atom. The Labute approximate surface area is 189 Å². The molecule has 5 nitrogen and oxygen atoms in total. The average molecular weight is 444 g/mol. The van der Waals surface area contributed by atoms with Crippen LogP contribution in [-0.4, -0.2) is 25.1 Å². The van der Waals surface area contributed by atoms with E-state index in [0.29, 0.717) is 30.2 Å². The number of nitrogens with one attached hydrogen (secondary N) is 1. The highest BCUT2D eigenvalue weighted by Crippen LogP contribution is 2.40. The second kappa shape index (κ2) is 9.86. The lowest BCUT2D eigenvalue weighted by atomic mass is 9.87. The highest BCUT2D eigenvalue weighted by Gasteiger charge is 2.32. The summed E-state index contributed by atoms with van der Waals surface area (Å²) in [5.41, 5.74) is 3.31. The molecule has 0 aliphatic heterocycles. The van der Waals surface area contributed by atoms with Crippen molar-refractivity contribution < 1.29 is 19.1 Å². The van der Waals surface area contributed by atoms with Crippen molar-refractivity contribution in [3.8, 4) is 5.75 Å². The standard InChI is InChI=1S/C25H33NO4S/c1-6-29-23(27)21-18-9-7-10-20(18)31-22(21)26-24(28)25(4,5)13-8-14-30-19-15-16(2)11-12-17(19)3/h11-12,15H,6-10,13-14H2,1-5H3,(H,26,28). The van der Waals surface area contributed by atoms with Crippen LogP contribution in [0.4, 0.5) is 5.00 Å². The van der Waals surface area contributed by atoms with Gasteiger partial charge < -0.3 is 14.8 Å². The van der Waals surface area contributed by atoms with E-state index in [1.54, 1.807) is 6.92 Å². The second-order valence-electron chi connectivity index (χ2n) is 8.84. The molecular weight excluding hydrogens is 410 g/mol. The number of esters is 1. The number of fused-ring (bicyclic) bond motifs is 1. The molecule has 168 valence electrons. The van der Waals surface area contributed by atoms with Crippen molar-refractivity contribution in [1.29, 1.82) is 0 Å². The zero-order valence-corrected chi connectivity index (χ0v) is 20.0. The molecule has 6 heteroatoms. The fraction of sp³-hybridized carbons (Fsp3) is 0.520. The third kappa shape index (κ3) is 5.48. The van der Waals surface area contributed by atoms with Crippen molar-refractivity contribution in [1.82, 2.24) is 0 Å². The fourth-order valence-electron chi connectivity index (χ4n) is 3.86. The summed E-state index contributed by atoms with van der Waals surface area (Å²) in [6, 6.07) is 6.17. The highest BCUT2D eigenvalue weighted by molar-refractivity contribution is 7.17. The van der Waals surface area contributed by atoms with Crippen LogP contribution in [0.1, 0.15) is 72.0 Å². The fourth-order valence-corrected chi connectivity index (χ4v) is 5.13. The molecule has 0 saturated carbocycles. The predicted molar refractivity (Wildman–Crippen MR) is 125 cm³/mol. The van der Waals surface area contributed by atoms with Gasteiger partial charge in [-0.15, -0.1) is 11.3 Å². The SMILES string of the molecule is CCOC(=O)c1c(NC(=O)C(C)(C)CCCOc2cc(C)ccc2C)sc2c1CCC2. The maximum atomic E-state index is 13.1. The van der Waals surface area contributed by atoms with E-state index >= 15 is 0 Å². The number of hydrogen-bond acceptors (Lipinski definition) is 5. The molecule has 0 atom stereocenters. The van der Waals surface area contributed by atoms with Gasteiger partial charge in [0.05, 0.1) is 18.8 Å². The van der Waals surface area contributed by atoms with E-state index in [1.165, 1.54) is 21.8 Å². The molecule has 0 spiro atoms. The summed E-state index contributed by atoms with van der Waals surface area (Å²) in [7, 11) is 0. The van der Waals surface area contributed by atoms with Gasteiger partial charge in [0.15, 0.2) is 0 Å². The number of hydrogen-bond donors (Lipinski definition) is 1. The molecule has 31 heavy (non-hydrogen) atoms. The summed E-state index contributed by atoms with van der Waals surface area (Å²) < 4.78 is 11.2. The first kappa shape index (κ1) is 23.3. The molecule has 1 aromatic carbocycles. The molecule has 0 fully saturated rings. The average Bonchev–Trinajstić information content (AvgIpc) is 3.28. The quantitative estimate of drug-likeness (QED) is 0.390. The number of aryl methyl sites for hydroxylation is 3. The molecule has 0 bridgehead atoms. The van der Waals surface area contributed by atoms with Gasteiger partial charge in [-0.05, 0) is 75.6 Å². The Bertz CT molecular complexity index is 961. The van der Waals surface area contributed by atoms with Crippen LogP contribution in [0, 0.1) is 19.3 Å². The first-order valence-electron chi connectivity index (χ1n) is 11.1. The minimum absolute atomic E-state index is 0.0790. The smallest absolute Gasteiger partial charge is 0.341 e. The van der Waals surface area contributed by atoms with Crippen molar-refractivity contribution >= 4 is 28.2 Å². The number of carbonyl (C=O) groups is 2. The number of rotatable bonds is 9. The van der Waals surface area contributed by atoms with Crippen LogP contribution in [0.2, 0.25) is 0 Å². The van der Waals surface area contributed by atoms with Crippen molar-refractivity contribution in [3.63, 3.8) is 0 Å². The lowest BCUT2D eigenvalue weighted by molar-refractivity contribution is -0.124. The Balaban J connectivity index is 1.60. The van der Waals surface area contributed by atoms with Crippen molar-refractivity contribution in [3.05, 3.63) is 45.3 Å². The Kier molecular flexibility index (Phi) is 7.42. The van der Waals surface area contributed by atoms with E-state index in [4.69, 9.17) is 9.47 Å². The van der Waals surface area contributed by atoms with Gasteiger partial charge in [0.25, 0.3) is 0 Å². The van der Waals surface area contributed by atoms with Crippen molar-refractivity contribution in [2.24, 2.45) is 5.41 Å². The number of thiophene rings is 1. The van der Waals surface area contributed by atoms with E-state index in [9.17, 15) is 9.59 Å². The van der Waals surface area contributed by atoms with Gasteiger partial charge >= 0.3 is 5.97 Å². The van der Waals surface area contributed by atoms with Crippen LogP contribution in [0.5, 0.6) is 5.75 Å². The zero-order valence-electron chi connectivity index (χ0n) is 19.2. The summed E-state index contributed by atoms with van der Waals surface area (Å²) in [6.45, 7) is 10.6. The summed E-state index contributed by atoms with van der Waals surface area (Å²) in [5, 5.41) is 3.66. The third-order valence-electron chi connectivity index (χ3n) is 5.79. The monoisotopic (exact) mass is 443 g/mol. The lowest BCUT2D eigenvalue weighted by Gasteiger charge is -2.23. The van der Waals surface area contributed by atoms with E-state index in [-0.39, 0.29) is 11.9 Å². The van der Waals surface area contributed by atoms with Crippen LogP contribution in [0.15, 0.2) is 18.2 Å². The molecule has 3 rings (SSSR count). The molecule has 1 amide bonds. The number of anilines is 1. The van der Waals surface area contributed by atoms with Crippen LogP contribution >= 0.6 is 11.3 Å². The molecule has 0 radical (unpaired) electrons. The summed E-state index contributed by atoms with van der Waals surface area (Å²) in [4.78, 5) is 26.8. The Hall–Kier alpha value is -2.34. The van der Waals surface area contributed by atoms with E-state index in [1.807, 2.05) is 33.8 Å². The van der Waals surface area contributed by atoms with Crippen molar-refractivity contribution in [2.75, 3.05) is 18.5 Å². The normalized spacial score (nSPS) is 13.1. The first-order valence-corrected chi connectivity index (χ1v) is 11.9. The molecular formula is C25H33NO4S. The molecule has 1 N–H and O–H groups in total. The summed E-state index contributed by atoms with van der Waals surface area (Å²) in [6.07, 6.45) is 4.33. The molecule has 1 aromatic heterocycles. The minimum atomic E-state index is -0.578. The van der Waals surface area contributed by atoms with Crippen LogP contribution in [-0.2, 0) is 22.4 Å². The lowest BCUT2D eigenvalue weighted by Crippen LogP contribution is -2.31. The number of carbonyl (C=O) groups excluding carboxylic acids is 2. The van der Waals surface area contributed by atoms with E-state index in [2.05, 4.69) is 17.4 Å². The van der Waals surface area contributed by atoms with E-state index in [0.717, 1.165) is 42.6 Å². The maximum absolute atomic E-state index is 13.1. The zero-order chi connectivity index (χ0) is 22.6. The van der Waals surface area contributed by atoms with Gasteiger partial charge in [0, 0.05) is 10.3 Å². The molecule has 0 saturated heterocycles. The van der Waals surface area contributed by atoms with E-state index < -0.39 is 5.41 Å².